The lowest BCUT2D eigenvalue weighted by atomic mass is 9.83. The van der Waals surface area contributed by atoms with E-state index in [0.29, 0.717) is 17.1 Å². The number of hydrogen-bond acceptors (Lipinski definition) is 2. The topological polar surface area (TPSA) is 40.5 Å². The van der Waals surface area contributed by atoms with Gasteiger partial charge in [0.15, 0.2) is 0 Å². The number of phenols is 1. The molecule has 5 heteroatoms. The number of hydrogen-bond donors (Lipinski definition) is 1. The van der Waals surface area contributed by atoms with Crippen LogP contribution in [0.1, 0.15) is 23.0 Å². The number of nitrogens with zero attached hydrogens (tertiary/aromatic N) is 1. The minimum atomic E-state index is -0.428. The summed E-state index contributed by atoms with van der Waals surface area (Å²) in [4.78, 5) is 14.3. The van der Waals surface area contributed by atoms with Gasteiger partial charge in [0.05, 0.1) is 5.92 Å². The fraction of sp³-hybridized carbons (Fsp3) is 0.235. The summed E-state index contributed by atoms with van der Waals surface area (Å²) in [5.74, 6) is -0.353. The molecule has 3 nitrogen and oxygen atoms in total. The van der Waals surface area contributed by atoms with Crippen LogP contribution < -0.4 is 0 Å². The van der Waals surface area contributed by atoms with Gasteiger partial charge in [-0.1, -0.05) is 45.7 Å². The highest BCUT2D eigenvalue weighted by Gasteiger charge is 2.42. The molecule has 1 aliphatic heterocycles. The standard InChI is InChI=1S/C17H15BrClNO2/c1-20-9-13(11-4-2-3-5-14(11)18)16(17(20)22)12-8-10(19)6-7-15(12)21/h2-8,13,16,21H,9H2,1H3/t13-,16-/m1/s1. The van der Waals surface area contributed by atoms with E-state index < -0.39 is 5.92 Å². The van der Waals surface area contributed by atoms with Crippen LogP contribution in [-0.2, 0) is 4.79 Å². The van der Waals surface area contributed by atoms with Crippen molar-refractivity contribution in [1.29, 1.82) is 0 Å². The second kappa shape index (κ2) is 5.94. The van der Waals surface area contributed by atoms with E-state index in [1.807, 2.05) is 24.3 Å². The van der Waals surface area contributed by atoms with Gasteiger partial charge < -0.3 is 10.0 Å². The molecule has 3 rings (SSSR count). The lowest BCUT2D eigenvalue weighted by molar-refractivity contribution is -0.127. The van der Waals surface area contributed by atoms with Crippen molar-refractivity contribution < 1.29 is 9.90 Å². The highest BCUT2D eigenvalue weighted by Crippen LogP contribution is 2.45. The van der Waals surface area contributed by atoms with Gasteiger partial charge in [-0.15, -0.1) is 0 Å². The van der Waals surface area contributed by atoms with Gasteiger partial charge >= 0.3 is 0 Å². The SMILES string of the molecule is CN1C[C@H](c2ccccc2Br)[C@@H](c2cc(Cl)ccc2O)C1=O. The number of halogens is 2. The Morgan fingerprint density at radius 1 is 1.23 bits per heavy atom. The summed E-state index contributed by atoms with van der Waals surface area (Å²) in [6, 6.07) is 12.7. The van der Waals surface area contributed by atoms with Crippen LogP contribution in [0.5, 0.6) is 5.75 Å². The average molecular weight is 381 g/mol. The second-order valence-corrected chi connectivity index (χ2v) is 6.82. The smallest absolute Gasteiger partial charge is 0.230 e. The summed E-state index contributed by atoms with van der Waals surface area (Å²) in [5.41, 5.74) is 1.65. The molecule has 0 saturated carbocycles. The quantitative estimate of drug-likeness (QED) is 0.850. The van der Waals surface area contributed by atoms with Crippen molar-refractivity contribution in [2.45, 2.75) is 11.8 Å². The zero-order valence-corrected chi connectivity index (χ0v) is 14.3. The molecule has 0 bridgehead atoms. The monoisotopic (exact) mass is 379 g/mol. The van der Waals surface area contributed by atoms with Crippen LogP contribution in [0.3, 0.4) is 0 Å². The molecule has 0 spiro atoms. The molecule has 1 heterocycles. The number of rotatable bonds is 2. The maximum atomic E-state index is 12.6. The molecule has 2 aromatic rings. The van der Waals surface area contributed by atoms with E-state index in [-0.39, 0.29) is 17.6 Å². The lowest BCUT2D eigenvalue weighted by Crippen LogP contribution is -2.21. The Morgan fingerprint density at radius 3 is 2.68 bits per heavy atom. The molecule has 114 valence electrons. The van der Waals surface area contributed by atoms with Crippen LogP contribution in [-0.4, -0.2) is 29.5 Å². The van der Waals surface area contributed by atoms with E-state index in [9.17, 15) is 9.90 Å². The van der Waals surface area contributed by atoms with Gasteiger partial charge in [0, 0.05) is 34.6 Å². The molecule has 1 fully saturated rings. The Morgan fingerprint density at radius 2 is 1.95 bits per heavy atom. The van der Waals surface area contributed by atoms with Crippen LogP contribution >= 0.6 is 27.5 Å². The van der Waals surface area contributed by atoms with Crippen molar-refractivity contribution in [2.24, 2.45) is 0 Å². The molecule has 2 atom stereocenters. The third-order valence-electron chi connectivity index (χ3n) is 4.14. The highest BCUT2D eigenvalue weighted by atomic mass is 79.9. The number of amides is 1. The van der Waals surface area contributed by atoms with Gasteiger partial charge in [0.25, 0.3) is 0 Å². The van der Waals surface area contributed by atoms with E-state index >= 15 is 0 Å². The third kappa shape index (κ3) is 2.61. The Hall–Kier alpha value is -1.52. The first kappa shape index (κ1) is 15.4. The molecule has 2 aromatic carbocycles. The Kier molecular flexibility index (Phi) is 4.15. The summed E-state index contributed by atoms with van der Waals surface area (Å²) in [6.07, 6.45) is 0. The number of carbonyl (C=O) groups excluding carboxylic acids is 1. The molecule has 1 amide bonds. The first-order valence-corrected chi connectivity index (χ1v) is 8.14. The van der Waals surface area contributed by atoms with E-state index in [0.717, 1.165) is 10.0 Å². The number of likely N-dealkylation sites (tertiary alicyclic amines) is 1. The minimum Gasteiger partial charge on any atom is -0.508 e. The molecule has 0 unspecified atom stereocenters. The summed E-state index contributed by atoms with van der Waals surface area (Å²) < 4.78 is 0.967. The van der Waals surface area contributed by atoms with Crippen LogP contribution in [0.4, 0.5) is 0 Å². The summed E-state index contributed by atoms with van der Waals surface area (Å²) in [7, 11) is 1.79. The van der Waals surface area contributed by atoms with Gasteiger partial charge in [-0.2, -0.15) is 0 Å². The second-order valence-electron chi connectivity index (χ2n) is 5.53. The minimum absolute atomic E-state index is 0.00156. The molecule has 1 aliphatic rings. The van der Waals surface area contributed by atoms with Gasteiger partial charge in [-0.05, 0) is 29.8 Å². The first-order chi connectivity index (χ1) is 10.5. The number of aromatic hydroxyl groups is 1. The molecule has 1 N–H and O–H groups in total. The maximum Gasteiger partial charge on any atom is 0.230 e. The predicted molar refractivity (Wildman–Crippen MR) is 90.4 cm³/mol. The van der Waals surface area contributed by atoms with Gasteiger partial charge in [-0.25, -0.2) is 0 Å². The largest absolute Gasteiger partial charge is 0.508 e. The van der Waals surface area contributed by atoms with E-state index in [1.165, 1.54) is 0 Å². The maximum absolute atomic E-state index is 12.6. The Balaban J connectivity index is 2.12. The predicted octanol–water partition coefficient (Wildman–Crippen LogP) is 4.15. The van der Waals surface area contributed by atoms with E-state index in [4.69, 9.17) is 11.6 Å². The fourth-order valence-corrected chi connectivity index (χ4v) is 3.84. The van der Waals surface area contributed by atoms with Crippen LogP contribution in [0.25, 0.3) is 0 Å². The van der Waals surface area contributed by atoms with Crippen molar-refractivity contribution in [1.82, 2.24) is 4.90 Å². The van der Waals surface area contributed by atoms with Crippen LogP contribution in [0, 0.1) is 0 Å². The normalized spacial score (nSPS) is 21.4. The van der Waals surface area contributed by atoms with Crippen molar-refractivity contribution >= 4 is 33.4 Å². The van der Waals surface area contributed by atoms with Crippen molar-refractivity contribution in [2.75, 3.05) is 13.6 Å². The molecule has 0 aromatic heterocycles. The third-order valence-corrected chi connectivity index (χ3v) is 5.10. The summed E-state index contributed by atoms with van der Waals surface area (Å²) in [5, 5.41) is 10.7. The molecule has 0 radical (unpaired) electrons. The van der Waals surface area contributed by atoms with Gasteiger partial charge in [-0.3, -0.25) is 4.79 Å². The molecule has 0 aliphatic carbocycles. The molecule has 22 heavy (non-hydrogen) atoms. The summed E-state index contributed by atoms with van der Waals surface area (Å²) in [6.45, 7) is 0.609. The zero-order valence-electron chi connectivity index (χ0n) is 12.0. The molecule has 1 saturated heterocycles. The Bertz CT molecular complexity index is 734. The number of carbonyl (C=O) groups is 1. The van der Waals surface area contributed by atoms with Crippen LogP contribution in [0.2, 0.25) is 5.02 Å². The average Bonchev–Trinajstić information content (AvgIpc) is 2.78. The van der Waals surface area contributed by atoms with Gasteiger partial charge in [0.2, 0.25) is 5.91 Å². The Labute approximate surface area is 142 Å². The van der Waals surface area contributed by atoms with Crippen molar-refractivity contribution in [3.8, 4) is 5.75 Å². The van der Waals surface area contributed by atoms with E-state index in [1.54, 1.807) is 30.1 Å². The molecular formula is C17H15BrClNO2. The first-order valence-electron chi connectivity index (χ1n) is 6.97. The van der Waals surface area contributed by atoms with Crippen molar-refractivity contribution in [3.63, 3.8) is 0 Å². The molecular weight excluding hydrogens is 366 g/mol. The lowest BCUT2D eigenvalue weighted by Gasteiger charge is -2.20. The van der Waals surface area contributed by atoms with E-state index in [2.05, 4.69) is 15.9 Å². The fourth-order valence-electron chi connectivity index (χ4n) is 3.08. The highest BCUT2D eigenvalue weighted by molar-refractivity contribution is 9.10. The van der Waals surface area contributed by atoms with Crippen LogP contribution in [0.15, 0.2) is 46.9 Å². The summed E-state index contributed by atoms with van der Waals surface area (Å²) >= 11 is 9.62. The van der Waals surface area contributed by atoms with Crippen molar-refractivity contribution in [3.05, 3.63) is 63.1 Å². The number of benzene rings is 2. The zero-order chi connectivity index (χ0) is 15.9. The van der Waals surface area contributed by atoms with Gasteiger partial charge in [0.1, 0.15) is 5.75 Å². The number of likely N-dealkylation sites (N-methyl/N-ethyl adjacent to an activating group) is 1. The number of phenolic OH excluding ortho intramolecular Hbond substituents is 1.